The number of aryl methyl sites for hydroxylation is 1. The predicted molar refractivity (Wildman–Crippen MR) is 114 cm³/mol. The van der Waals surface area contributed by atoms with Crippen molar-refractivity contribution in [3.05, 3.63) is 78.1 Å². The molecule has 0 spiro atoms. The third-order valence-electron chi connectivity index (χ3n) is 4.44. The van der Waals surface area contributed by atoms with E-state index in [-0.39, 0.29) is 5.91 Å². The van der Waals surface area contributed by atoms with Gasteiger partial charge in [-0.2, -0.15) is 0 Å². The second kappa shape index (κ2) is 10.1. The number of pyridine rings is 1. The Balaban J connectivity index is 1.51. The summed E-state index contributed by atoms with van der Waals surface area (Å²) in [5, 5.41) is 6.15. The first-order valence-electron chi connectivity index (χ1n) is 9.47. The Morgan fingerprint density at radius 1 is 0.931 bits per heavy atom. The number of nitrogens with zero attached hydrogens (tertiary/aromatic N) is 1. The van der Waals surface area contributed by atoms with Gasteiger partial charge in [0.2, 0.25) is 0 Å². The highest BCUT2D eigenvalue weighted by molar-refractivity contribution is 5.92. The Morgan fingerprint density at radius 2 is 1.69 bits per heavy atom. The van der Waals surface area contributed by atoms with Gasteiger partial charge in [-0.3, -0.25) is 4.79 Å². The molecule has 0 aliphatic heterocycles. The fourth-order valence-electron chi connectivity index (χ4n) is 2.91. The van der Waals surface area contributed by atoms with E-state index in [9.17, 15) is 4.79 Å². The molecule has 3 aromatic rings. The summed E-state index contributed by atoms with van der Waals surface area (Å²) in [5.41, 5.74) is 3.27. The van der Waals surface area contributed by atoms with Crippen molar-refractivity contribution >= 4 is 17.3 Å². The average molecular weight is 391 g/mol. The third kappa shape index (κ3) is 5.72. The molecule has 2 aromatic carbocycles. The van der Waals surface area contributed by atoms with Gasteiger partial charge in [0.05, 0.1) is 26.1 Å². The van der Waals surface area contributed by atoms with Crippen LogP contribution in [0.25, 0.3) is 0 Å². The predicted octanol–water partition coefficient (Wildman–Crippen LogP) is 4.21. The summed E-state index contributed by atoms with van der Waals surface area (Å²) in [6.07, 6.45) is 3.45. The Labute approximate surface area is 170 Å². The molecule has 0 aliphatic rings. The fourth-order valence-corrected chi connectivity index (χ4v) is 2.91. The van der Waals surface area contributed by atoms with Crippen molar-refractivity contribution in [1.29, 1.82) is 0 Å². The Kier molecular flexibility index (Phi) is 7.05. The Bertz CT molecular complexity index is 928. The van der Waals surface area contributed by atoms with Gasteiger partial charge in [0.15, 0.2) is 11.5 Å². The number of nitrogens with one attached hydrogen (secondary N) is 2. The quantitative estimate of drug-likeness (QED) is 0.535. The van der Waals surface area contributed by atoms with Crippen molar-refractivity contribution in [3.63, 3.8) is 0 Å². The normalized spacial score (nSPS) is 10.3. The monoisotopic (exact) mass is 391 g/mol. The lowest BCUT2D eigenvalue weighted by Gasteiger charge is -2.11. The topological polar surface area (TPSA) is 72.5 Å². The minimum absolute atomic E-state index is 0.171. The van der Waals surface area contributed by atoms with Gasteiger partial charge >= 0.3 is 0 Å². The number of carbonyl (C=O) groups excluding carboxylic acids is 1. The van der Waals surface area contributed by atoms with Crippen LogP contribution in [0.15, 0.2) is 66.9 Å². The molecular weight excluding hydrogens is 366 g/mol. The molecule has 0 saturated heterocycles. The van der Waals surface area contributed by atoms with Crippen molar-refractivity contribution in [2.75, 3.05) is 26.1 Å². The number of aromatic nitrogens is 1. The summed E-state index contributed by atoms with van der Waals surface area (Å²) in [7, 11) is 3.19. The molecule has 150 valence electrons. The molecule has 2 N–H and O–H groups in total. The van der Waals surface area contributed by atoms with Crippen LogP contribution < -0.4 is 20.1 Å². The van der Waals surface area contributed by atoms with E-state index in [1.165, 1.54) is 5.56 Å². The van der Waals surface area contributed by atoms with E-state index in [0.717, 1.165) is 24.2 Å². The molecular formula is C23H25N3O3. The van der Waals surface area contributed by atoms with Gasteiger partial charge < -0.3 is 20.1 Å². The molecule has 1 aromatic heterocycles. The summed E-state index contributed by atoms with van der Waals surface area (Å²) >= 11 is 0. The minimum atomic E-state index is -0.171. The fraction of sp³-hybridized carbons (Fsp3) is 0.217. The molecule has 1 amide bonds. The first kappa shape index (κ1) is 20.2. The number of anilines is 2. The van der Waals surface area contributed by atoms with Gasteiger partial charge in [0, 0.05) is 18.3 Å². The van der Waals surface area contributed by atoms with Gasteiger partial charge in [-0.25, -0.2) is 4.98 Å². The SMILES string of the molecule is COc1ccc(Nc2ccc(C(=O)NCCCc3ccccc3)nc2)cc1OC. The summed E-state index contributed by atoms with van der Waals surface area (Å²) < 4.78 is 10.5. The zero-order valence-corrected chi connectivity index (χ0v) is 16.6. The zero-order valence-electron chi connectivity index (χ0n) is 16.6. The minimum Gasteiger partial charge on any atom is -0.493 e. The summed E-state index contributed by atoms with van der Waals surface area (Å²) in [5.74, 6) is 1.13. The van der Waals surface area contributed by atoms with Crippen molar-refractivity contribution in [2.24, 2.45) is 0 Å². The number of methoxy groups -OCH3 is 2. The molecule has 6 heteroatoms. The molecule has 0 bridgehead atoms. The molecule has 0 aliphatic carbocycles. The van der Waals surface area contributed by atoms with Crippen LogP contribution in [-0.4, -0.2) is 31.7 Å². The highest BCUT2D eigenvalue weighted by Crippen LogP contribution is 2.30. The molecule has 3 rings (SSSR count). The second-order valence-corrected chi connectivity index (χ2v) is 6.47. The lowest BCUT2D eigenvalue weighted by molar-refractivity contribution is 0.0948. The van der Waals surface area contributed by atoms with Crippen LogP contribution >= 0.6 is 0 Å². The number of amides is 1. The molecule has 0 saturated carbocycles. The summed E-state index contributed by atoms with van der Waals surface area (Å²) in [6, 6.07) is 19.3. The molecule has 29 heavy (non-hydrogen) atoms. The maximum absolute atomic E-state index is 12.3. The third-order valence-corrected chi connectivity index (χ3v) is 4.44. The van der Waals surface area contributed by atoms with Crippen LogP contribution in [0.4, 0.5) is 11.4 Å². The van der Waals surface area contributed by atoms with E-state index in [1.807, 2.05) is 42.5 Å². The number of hydrogen-bond acceptors (Lipinski definition) is 5. The maximum atomic E-state index is 12.3. The average Bonchev–Trinajstić information content (AvgIpc) is 2.77. The Hall–Kier alpha value is -3.54. The number of carbonyl (C=O) groups is 1. The van der Waals surface area contributed by atoms with Gasteiger partial charge in [0.1, 0.15) is 5.69 Å². The number of rotatable bonds is 9. The van der Waals surface area contributed by atoms with E-state index < -0.39 is 0 Å². The van der Waals surface area contributed by atoms with E-state index >= 15 is 0 Å². The molecule has 1 heterocycles. The van der Waals surface area contributed by atoms with Gasteiger partial charge in [0.25, 0.3) is 5.91 Å². The van der Waals surface area contributed by atoms with E-state index in [2.05, 4.69) is 27.8 Å². The van der Waals surface area contributed by atoms with E-state index in [4.69, 9.17) is 9.47 Å². The first-order chi connectivity index (χ1) is 14.2. The molecule has 0 unspecified atom stereocenters. The van der Waals surface area contributed by atoms with Crippen molar-refractivity contribution in [1.82, 2.24) is 10.3 Å². The van der Waals surface area contributed by atoms with Gasteiger partial charge in [-0.05, 0) is 42.7 Å². The van der Waals surface area contributed by atoms with Crippen molar-refractivity contribution in [2.45, 2.75) is 12.8 Å². The Morgan fingerprint density at radius 3 is 2.38 bits per heavy atom. The molecule has 6 nitrogen and oxygen atoms in total. The van der Waals surface area contributed by atoms with Crippen LogP contribution in [-0.2, 0) is 6.42 Å². The highest BCUT2D eigenvalue weighted by Gasteiger charge is 2.08. The van der Waals surface area contributed by atoms with Gasteiger partial charge in [-0.15, -0.1) is 0 Å². The molecule has 0 radical (unpaired) electrons. The number of benzene rings is 2. The van der Waals surface area contributed by atoms with Crippen LogP contribution in [0, 0.1) is 0 Å². The smallest absolute Gasteiger partial charge is 0.269 e. The van der Waals surface area contributed by atoms with Gasteiger partial charge in [-0.1, -0.05) is 30.3 Å². The van der Waals surface area contributed by atoms with Crippen LogP contribution in [0.1, 0.15) is 22.5 Å². The lowest BCUT2D eigenvalue weighted by atomic mass is 10.1. The van der Waals surface area contributed by atoms with E-state index in [1.54, 1.807) is 26.5 Å². The first-order valence-corrected chi connectivity index (χ1v) is 9.47. The molecule has 0 atom stereocenters. The van der Waals surface area contributed by atoms with E-state index in [0.29, 0.717) is 23.7 Å². The van der Waals surface area contributed by atoms with Crippen molar-refractivity contribution in [3.8, 4) is 11.5 Å². The second-order valence-electron chi connectivity index (χ2n) is 6.47. The van der Waals surface area contributed by atoms with Crippen molar-refractivity contribution < 1.29 is 14.3 Å². The van der Waals surface area contributed by atoms with Crippen LogP contribution in [0.3, 0.4) is 0 Å². The lowest BCUT2D eigenvalue weighted by Crippen LogP contribution is -2.25. The highest BCUT2D eigenvalue weighted by atomic mass is 16.5. The zero-order chi connectivity index (χ0) is 20.5. The number of ether oxygens (including phenoxy) is 2. The molecule has 0 fully saturated rings. The van der Waals surface area contributed by atoms with Crippen LogP contribution in [0.2, 0.25) is 0 Å². The summed E-state index contributed by atoms with van der Waals surface area (Å²) in [4.78, 5) is 16.5. The maximum Gasteiger partial charge on any atom is 0.269 e. The largest absolute Gasteiger partial charge is 0.493 e. The number of hydrogen-bond donors (Lipinski definition) is 2. The summed E-state index contributed by atoms with van der Waals surface area (Å²) in [6.45, 7) is 0.612. The standard InChI is InChI=1S/C23H25N3O3/c1-28-21-13-11-18(15-22(21)29-2)26-19-10-12-20(25-16-19)23(27)24-14-6-9-17-7-4-3-5-8-17/h3-5,7-8,10-13,15-16,26H,6,9,14H2,1-2H3,(H,24,27). The van der Waals surface area contributed by atoms with Crippen LogP contribution in [0.5, 0.6) is 11.5 Å².